The second-order valence-corrected chi connectivity index (χ2v) is 11.7. The number of β-amino-alcohol motifs (C(OH)–C–C–N with tert-alkyl or cyclic N) is 1. The lowest BCUT2D eigenvalue weighted by Gasteiger charge is -2.55. The van der Waals surface area contributed by atoms with Crippen molar-refractivity contribution in [3.63, 3.8) is 0 Å². The van der Waals surface area contributed by atoms with Gasteiger partial charge < -0.3 is 25.4 Å². The molecule has 37 heavy (non-hydrogen) atoms. The van der Waals surface area contributed by atoms with Gasteiger partial charge in [0.05, 0.1) is 23.8 Å². The Kier molecular flexibility index (Phi) is 7.49. The smallest absolute Gasteiger partial charge is 0.227 e. The molecular formula is C28H36ClN5O2S. The number of aromatic nitrogens is 2. The highest BCUT2D eigenvalue weighted by Crippen LogP contribution is 2.48. The first kappa shape index (κ1) is 26.4. The summed E-state index contributed by atoms with van der Waals surface area (Å²) in [6.45, 7) is 11.9. The van der Waals surface area contributed by atoms with Crippen molar-refractivity contribution in [1.29, 1.82) is 0 Å². The largest absolute Gasteiger partial charge is 0.381 e. The summed E-state index contributed by atoms with van der Waals surface area (Å²) < 4.78 is 5.50. The molecule has 2 aromatic heterocycles. The molecule has 2 aliphatic rings. The molecule has 3 N–H and O–H groups in total. The molecule has 1 aromatic carbocycles. The number of nitrogens with zero attached hydrogens (tertiary/aromatic N) is 3. The van der Waals surface area contributed by atoms with E-state index >= 15 is 0 Å². The van der Waals surface area contributed by atoms with Crippen molar-refractivity contribution in [1.82, 2.24) is 15.3 Å². The number of halogens is 1. The summed E-state index contributed by atoms with van der Waals surface area (Å²) in [5.74, 6) is 1.52. The zero-order chi connectivity index (χ0) is 26.2. The lowest BCUT2D eigenvalue weighted by atomic mass is 9.68. The number of thiophene rings is 1. The lowest BCUT2D eigenvalue weighted by molar-refractivity contribution is -0.116. The maximum atomic E-state index is 12.0. The molecule has 2 atom stereocenters. The van der Waals surface area contributed by atoms with Crippen LogP contribution in [0.1, 0.15) is 48.0 Å². The predicted molar refractivity (Wildman–Crippen MR) is 152 cm³/mol. The molecule has 0 amide bonds. The summed E-state index contributed by atoms with van der Waals surface area (Å²) in [6, 6.07) is 10.1. The van der Waals surface area contributed by atoms with Gasteiger partial charge in [0.15, 0.2) is 0 Å². The van der Waals surface area contributed by atoms with E-state index in [-0.39, 0.29) is 0 Å². The van der Waals surface area contributed by atoms with Crippen molar-refractivity contribution < 1.29 is 9.84 Å². The summed E-state index contributed by atoms with van der Waals surface area (Å²) in [7, 11) is 0. The van der Waals surface area contributed by atoms with E-state index < -0.39 is 11.1 Å². The minimum atomic E-state index is -0.994. The van der Waals surface area contributed by atoms with Gasteiger partial charge in [0, 0.05) is 41.3 Å². The number of aryl methyl sites for hydroxylation is 3. The Hall–Kier alpha value is -2.23. The van der Waals surface area contributed by atoms with Crippen LogP contribution >= 0.6 is 22.9 Å². The van der Waals surface area contributed by atoms with Crippen molar-refractivity contribution in [3.8, 4) is 0 Å². The fourth-order valence-corrected chi connectivity index (χ4v) is 6.79. The van der Waals surface area contributed by atoms with E-state index in [0.717, 1.165) is 69.4 Å². The quantitative estimate of drug-likeness (QED) is 0.370. The second kappa shape index (κ2) is 10.5. The average molecular weight is 542 g/mol. The van der Waals surface area contributed by atoms with Crippen LogP contribution in [0.4, 0.5) is 16.8 Å². The van der Waals surface area contributed by atoms with E-state index in [0.29, 0.717) is 26.2 Å². The van der Waals surface area contributed by atoms with Gasteiger partial charge in [0.1, 0.15) is 11.4 Å². The number of aliphatic hydroxyl groups is 1. The normalized spacial score (nSPS) is 23.7. The van der Waals surface area contributed by atoms with Gasteiger partial charge in [0.25, 0.3) is 0 Å². The van der Waals surface area contributed by atoms with Gasteiger partial charge in [0.2, 0.25) is 5.95 Å². The van der Waals surface area contributed by atoms with Gasteiger partial charge in [-0.25, -0.2) is 4.98 Å². The number of hydrogen-bond acceptors (Lipinski definition) is 8. The Morgan fingerprint density at radius 1 is 1.19 bits per heavy atom. The van der Waals surface area contributed by atoms with Crippen molar-refractivity contribution >= 4 is 39.7 Å². The second-order valence-electron chi connectivity index (χ2n) is 10.2. The molecule has 2 saturated heterocycles. The molecule has 2 unspecified atom stereocenters. The van der Waals surface area contributed by atoms with Crippen LogP contribution in [0.25, 0.3) is 0 Å². The zero-order valence-corrected chi connectivity index (χ0v) is 23.6. The van der Waals surface area contributed by atoms with E-state index in [2.05, 4.69) is 55.4 Å². The fraction of sp³-hybridized carbons (Fsp3) is 0.500. The molecule has 2 aliphatic heterocycles. The maximum absolute atomic E-state index is 12.0. The van der Waals surface area contributed by atoms with Crippen molar-refractivity contribution in [3.05, 3.63) is 62.6 Å². The van der Waals surface area contributed by atoms with Gasteiger partial charge in [-0.05, 0) is 61.9 Å². The summed E-state index contributed by atoms with van der Waals surface area (Å²) in [4.78, 5) is 12.7. The van der Waals surface area contributed by atoms with Gasteiger partial charge in [-0.2, -0.15) is 4.98 Å². The Morgan fingerprint density at radius 2 is 1.97 bits per heavy atom. The van der Waals surface area contributed by atoms with E-state index in [1.165, 1.54) is 5.56 Å². The summed E-state index contributed by atoms with van der Waals surface area (Å²) in [5, 5.41) is 20.8. The van der Waals surface area contributed by atoms with Crippen LogP contribution < -0.4 is 15.5 Å². The van der Waals surface area contributed by atoms with Crippen LogP contribution in [0.2, 0.25) is 5.02 Å². The van der Waals surface area contributed by atoms with Crippen LogP contribution in [-0.2, 0) is 29.6 Å². The van der Waals surface area contributed by atoms with Crippen molar-refractivity contribution in [2.24, 2.45) is 0 Å². The third-order valence-corrected chi connectivity index (χ3v) is 9.39. The highest BCUT2D eigenvalue weighted by atomic mass is 35.5. The molecule has 0 spiro atoms. The SMILES string of the molecule is CCc1cc(Nc2sc(C3(O)CNC3(C)Cc3c(C)cccc3Cl)cc2CC)nc(N2CCOCC2)n1. The number of nitrogens with one attached hydrogen (secondary N) is 2. The first-order valence-electron chi connectivity index (χ1n) is 13.1. The number of anilines is 3. The summed E-state index contributed by atoms with van der Waals surface area (Å²) in [6.07, 6.45) is 2.33. The first-order chi connectivity index (χ1) is 17.8. The Morgan fingerprint density at radius 3 is 2.62 bits per heavy atom. The lowest BCUT2D eigenvalue weighted by Crippen LogP contribution is -2.74. The molecule has 2 fully saturated rings. The van der Waals surface area contributed by atoms with Gasteiger partial charge in [-0.15, -0.1) is 11.3 Å². The van der Waals surface area contributed by atoms with E-state index in [9.17, 15) is 5.11 Å². The molecule has 0 aliphatic carbocycles. The third-order valence-electron chi connectivity index (χ3n) is 7.79. The standard InChI is InChI=1S/C28H36ClN5O2S/c1-5-19-14-23(28(35)17-30-27(28,4)16-21-18(3)8-7-9-22(21)29)37-25(19)32-24-15-20(6-2)31-26(33-24)34-10-12-36-13-11-34/h7-9,14-15,30,35H,5-6,10-13,16-17H2,1-4H3,(H,31,32,33). The first-order valence-corrected chi connectivity index (χ1v) is 14.3. The van der Waals surface area contributed by atoms with Crippen LogP contribution in [0.3, 0.4) is 0 Å². The van der Waals surface area contributed by atoms with Crippen molar-refractivity contribution in [2.45, 2.75) is 58.1 Å². The van der Waals surface area contributed by atoms with E-state index in [1.54, 1.807) is 11.3 Å². The Labute approximate surface area is 228 Å². The van der Waals surface area contributed by atoms with Gasteiger partial charge in [-0.1, -0.05) is 37.6 Å². The monoisotopic (exact) mass is 541 g/mol. The summed E-state index contributed by atoms with van der Waals surface area (Å²) in [5.41, 5.74) is 2.86. The van der Waals surface area contributed by atoms with Crippen LogP contribution in [0.5, 0.6) is 0 Å². The molecule has 4 heterocycles. The molecule has 9 heteroatoms. The molecule has 7 nitrogen and oxygen atoms in total. The molecule has 5 rings (SSSR count). The zero-order valence-electron chi connectivity index (χ0n) is 22.0. The summed E-state index contributed by atoms with van der Waals surface area (Å²) >= 11 is 8.16. The fourth-order valence-electron chi connectivity index (χ4n) is 5.12. The van der Waals surface area contributed by atoms with E-state index in [1.807, 2.05) is 18.2 Å². The molecule has 0 bridgehead atoms. The third kappa shape index (κ3) is 4.98. The average Bonchev–Trinajstić information content (AvgIpc) is 3.32. The molecule has 0 radical (unpaired) electrons. The Bertz CT molecular complexity index is 1260. The van der Waals surface area contributed by atoms with Gasteiger partial charge >= 0.3 is 0 Å². The van der Waals surface area contributed by atoms with Gasteiger partial charge in [-0.3, -0.25) is 0 Å². The predicted octanol–water partition coefficient (Wildman–Crippen LogP) is 5.00. The molecule has 198 valence electrons. The maximum Gasteiger partial charge on any atom is 0.227 e. The molecule has 0 saturated carbocycles. The van der Waals surface area contributed by atoms with Crippen molar-refractivity contribution in [2.75, 3.05) is 43.1 Å². The number of hydrogen-bond donors (Lipinski definition) is 3. The highest BCUT2D eigenvalue weighted by molar-refractivity contribution is 7.16. The Balaban J connectivity index is 1.43. The number of rotatable bonds is 8. The van der Waals surface area contributed by atoms with Crippen LogP contribution in [0, 0.1) is 6.92 Å². The van der Waals surface area contributed by atoms with Crippen LogP contribution in [-0.4, -0.2) is 53.5 Å². The number of ether oxygens (including phenoxy) is 1. The molecular weight excluding hydrogens is 506 g/mol. The number of benzene rings is 1. The number of morpholine rings is 1. The van der Waals surface area contributed by atoms with E-state index in [4.69, 9.17) is 26.3 Å². The van der Waals surface area contributed by atoms with Crippen LogP contribution in [0.15, 0.2) is 30.3 Å². The molecule has 3 aromatic rings. The minimum Gasteiger partial charge on any atom is -0.381 e. The highest BCUT2D eigenvalue weighted by Gasteiger charge is 2.57. The topological polar surface area (TPSA) is 82.5 Å². The minimum absolute atomic E-state index is 0.505.